The Hall–Kier alpha value is -3.26. The van der Waals surface area contributed by atoms with Gasteiger partial charge in [-0.2, -0.15) is 5.26 Å². The van der Waals surface area contributed by atoms with Crippen molar-refractivity contribution >= 4 is 24.3 Å². The molecule has 114 valence electrons. The van der Waals surface area contributed by atoms with Crippen LogP contribution in [0.5, 0.6) is 5.75 Å². The van der Waals surface area contributed by atoms with Crippen molar-refractivity contribution in [3.05, 3.63) is 65.0 Å². The Bertz CT molecular complexity index is 818. The van der Waals surface area contributed by atoms with E-state index in [1.54, 1.807) is 37.4 Å². The molecule has 0 saturated carbocycles. The third-order valence-electron chi connectivity index (χ3n) is 3.30. The smallest absolute Gasteiger partial charge is 0.152 e. The molecule has 0 fully saturated rings. The van der Waals surface area contributed by atoms with E-state index in [1.807, 2.05) is 0 Å². The monoisotopic (exact) mass is 308 g/mol. The molecule has 0 aliphatic heterocycles. The Kier molecular flexibility index (Phi) is 5.00. The number of hydrogen-bond donors (Lipinski definition) is 0. The predicted octanol–water partition coefficient (Wildman–Crippen LogP) is 3.47. The number of carbonyl (C=O) groups is 1. The van der Waals surface area contributed by atoms with E-state index < -0.39 is 5.82 Å². The lowest BCUT2D eigenvalue weighted by Crippen LogP contribution is -1.94. The molecule has 5 heteroatoms. The normalized spacial score (nSPS) is 11.2. The number of hydrogen-bond acceptors (Lipinski definition) is 4. The molecule has 2 aromatic carbocycles. The summed E-state index contributed by atoms with van der Waals surface area (Å²) in [5.74, 6) is -0.0253. The van der Waals surface area contributed by atoms with E-state index in [-0.39, 0.29) is 16.8 Å². The predicted molar refractivity (Wildman–Crippen MR) is 86.5 cm³/mol. The Labute approximate surface area is 133 Å². The highest BCUT2D eigenvalue weighted by molar-refractivity contribution is 6.17. The minimum atomic E-state index is -0.675. The molecule has 0 radical (unpaired) electrons. The first-order chi connectivity index (χ1) is 11.1. The Balaban J connectivity index is 2.59. The number of nitriles is 1. The van der Waals surface area contributed by atoms with Gasteiger partial charge in [-0.15, -0.1) is 0 Å². The van der Waals surface area contributed by atoms with Gasteiger partial charge in [-0.1, -0.05) is 18.2 Å². The fourth-order valence-corrected chi connectivity index (χ4v) is 2.12. The van der Waals surface area contributed by atoms with Gasteiger partial charge in [0.25, 0.3) is 0 Å². The van der Waals surface area contributed by atoms with Crippen LogP contribution < -0.4 is 4.74 Å². The SMILES string of the molecule is C=N/C(=C(\C=O)c1ccc(OC)cc1)c1ccc(C#N)c(F)c1. The van der Waals surface area contributed by atoms with Crippen LogP contribution in [0.25, 0.3) is 11.3 Å². The van der Waals surface area contributed by atoms with Gasteiger partial charge in [0, 0.05) is 11.1 Å². The zero-order valence-electron chi connectivity index (χ0n) is 12.4. The van der Waals surface area contributed by atoms with Gasteiger partial charge in [-0.05, 0) is 36.5 Å². The second-order valence-corrected chi connectivity index (χ2v) is 4.57. The molecule has 0 bridgehead atoms. The quantitative estimate of drug-likeness (QED) is 0.368. The van der Waals surface area contributed by atoms with Crippen LogP contribution in [0.3, 0.4) is 0 Å². The van der Waals surface area contributed by atoms with E-state index in [9.17, 15) is 9.18 Å². The molecule has 0 atom stereocenters. The van der Waals surface area contributed by atoms with Crippen molar-refractivity contribution in [2.75, 3.05) is 7.11 Å². The minimum Gasteiger partial charge on any atom is -0.497 e. The molecule has 0 amide bonds. The van der Waals surface area contributed by atoms with Crippen molar-refractivity contribution in [2.24, 2.45) is 4.99 Å². The van der Waals surface area contributed by atoms with Crippen LogP contribution in [0.2, 0.25) is 0 Å². The Morgan fingerprint density at radius 1 is 1.26 bits per heavy atom. The number of ether oxygens (including phenoxy) is 1. The summed E-state index contributed by atoms with van der Waals surface area (Å²) in [6, 6.07) is 12.6. The summed E-state index contributed by atoms with van der Waals surface area (Å²) in [5.41, 5.74) is 1.41. The van der Waals surface area contributed by atoms with Crippen LogP contribution in [-0.4, -0.2) is 20.1 Å². The van der Waals surface area contributed by atoms with Crippen molar-refractivity contribution in [3.63, 3.8) is 0 Å². The maximum atomic E-state index is 13.8. The number of methoxy groups -OCH3 is 1. The molecule has 0 heterocycles. The van der Waals surface area contributed by atoms with Crippen molar-refractivity contribution < 1.29 is 13.9 Å². The maximum Gasteiger partial charge on any atom is 0.152 e. The van der Waals surface area contributed by atoms with Crippen LogP contribution >= 0.6 is 0 Å². The summed E-state index contributed by atoms with van der Waals surface area (Å²) in [6.45, 7) is 3.46. The fourth-order valence-electron chi connectivity index (χ4n) is 2.12. The highest BCUT2D eigenvalue weighted by Gasteiger charge is 2.12. The molecule has 0 aliphatic rings. The summed E-state index contributed by atoms with van der Waals surface area (Å²) in [4.78, 5) is 15.4. The van der Waals surface area contributed by atoms with Gasteiger partial charge in [0.15, 0.2) is 6.29 Å². The summed E-state index contributed by atoms with van der Waals surface area (Å²) >= 11 is 0. The number of halogens is 1. The third kappa shape index (κ3) is 3.33. The summed E-state index contributed by atoms with van der Waals surface area (Å²) < 4.78 is 18.9. The number of carbonyl (C=O) groups excluding carboxylic acids is 1. The lowest BCUT2D eigenvalue weighted by atomic mass is 9.99. The van der Waals surface area contributed by atoms with E-state index >= 15 is 0 Å². The van der Waals surface area contributed by atoms with Crippen molar-refractivity contribution in [1.29, 1.82) is 5.26 Å². The lowest BCUT2D eigenvalue weighted by Gasteiger charge is -2.09. The number of allylic oxidation sites excluding steroid dienone is 1. The van der Waals surface area contributed by atoms with Crippen molar-refractivity contribution in [2.45, 2.75) is 0 Å². The summed E-state index contributed by atoms with van der Waals surface area (Å²) in [7, 11) is 1.54. The van der Waals surface area contributed by atoms with Gasteiger partial charge in [0.2, 0.25) is 0 Å². The Morgan fingerprint density at radius 2 is 1.91 bits per heavy atom. The molecular formula is C18H13FN2O2. The highest BCUT2D eigenvalue weighted by Crippen LogP contribution is 2.28. The van der Waals surface area contributed by atoms with Gasteiger partial charge in [-0.3, -0.25) is 9.79 Å². The number of aliphatic imine (C=N–C) groups is 1. The zero-order chi connectivity index (χ0) is 16.8. The van der Waals surface area contributed by atoms with Gasteiger partial charge in [-0.25, -0.2) is 4.39 Å². The van der Waals surface area contributed by atoms with Crippen LogP contribution in [-0.2, 0) is 4.79 Å². The first-order valence-corrected chi connectivity index (χ1v) is 6.65. The van der Waals surface area contributed by atoms with Crippen LogP contribution in [0.1, 0.15) is 16.7 Å². The topological polar surface area (TPSA) is 62.4 Å². The number of benzene rings is 2. The van der Waals surface area contributed by atoms with E-state index in [1.165, 1.54) is 12.1 Å². The Morgan fingerprint density at radius 3 is 2.39 bits per heavy atom. The lowest BCUT2D eigenvalue weighted by molar-refractivity contribution is -0.103. The van der Waals surface area contributed by atoms with Gasteiger partial charge in [0.05, 0.1) is 18.4 Å². The van der Waals surface area contributed by atoms with Crippen molar-refractivity contribution in [1.82, 2.24) is 0 Å². The van der Waals surface area contributed by atoms with Gasteiger partial charge in [0.1, 0.15) is 17.6 Å². The summed E-state index contributed by atoms with van der Waals surface area (Å²) in [5, 5.41) is 8.78. The second kappa shape index (κ2) is 7.14. The fraction of sp³-hybridized carbons (Fsp3) is 0.0556. The van der Waals surface area contributed by atoms with Crippen LogP contribution in [0.15, 0.2) is 47.5 Å². The van der Waals surface area contributed by atoms with Gasteiger partial charge < -0.3 is 4.74 Å². The standard InChI is InChI=1S/C18H13FN2O2/c1-21-18(13-3-4-14(10-20)17(19)9-13)16(11-22)12-5-7-15(23-2)8-6-12/h3-9,11H,1H2,2H3/b18-16+. The first-order valence-electron chi connectivity index (χ1n) is 6.65. The molecule has 0 unspecified atom stereocenters. The van der Waals surface area contributed by atoms with E-state index in [4.69, 9.17) is 10.00 Å². The molecule has 0 aromatic heterocycles. The number of rotatable bonds is 5. The molecule has 2 aromatic rings. The van der Waals surface area contributed by atoms with Gasteiger partial charge >= 0.3 is 0 Å². The van der Waals surface area contributed by atoms with Crippen molar-refractivity contribution in [3.8, 4) is 11.8 Å². The average Bonchev–Trinajstić information content (AvgIpc) is 2.59. The highest BCUT2D eigenvalue weighted by atomic mass is 19.1. The molecule has 23 heavy (non-hydrogen) atoms. The molecule has 0 saturated heterocycles. The third-order valence-corrected chi connectivity index (χ3v) is 3.30. The van der Waals surface area contributed by atoms with Crippen LogP contribution in [0.4, 0.5) is 4.39 Å². The number of aldehydes is 1. The maximum absolute atomic E-state index is 13.8. The largest absolute Gasteiger partial charge is 0.497 e. The van der Waals surface area contributed by atoms with E-state index in [0.29, 0.717) is 23.2 Å². The second-order valence-electron chi connectivity index (χ2n) is 4.57. The molecule has 0 aliphatic carbocycles. The number of nitrogens with zero attached hydrogens (tertiary/aromatic N) is 2. The average molecular weight is 308 g/mol. The zero-order valence-corrected chi connectivity index (χ0v) is 12.4. The minimum absolute atomic E-state index is 0.0748. The van der Waals surface area contributed by atoms with Crippen LogP contribution in [0, 0.1) is 17.1 Å². The molecule has 0 N–H and O–H groups in total. The molecular weight excluding hydrogens is 295 g/mol. The molecule has 0 spiro atoms. The molecule has 4 nitrogen and oxygen atoms in total. The van der Waals surface area contributed by atoms with E-state index in [2.05, 4.69) is 11.7 Å². The molecule has 2 rings (SSSR count). The van der Waals surface area contributed by atoms with E-state index in [0.717, 1.165) is 6.07 Å². The summed E-state index contributed by atoms with van der Waals surface area (Å²) in [6.07, 6.45) is 0.641. The first kappa shape index (κ1) is 16.1.